The summed E-state index contributed by atoms with van der Waals surface area (Å²) in [5.74, 6) is 0.185. The smallest absolute Gasteiger partial charge is 0.400 e. The summed E-state index contributed by atoms with van der Waals surface area (Å²) in [6.45, 7) is 8.01. The lowest BCUT2D eigenvalue weighted by atomic mass is 9.78. The Morgan fingerprint density at radius 2 is 1.86 bits per heavy atom. The molecular weight excluding hydrogens is 354 g/mol. The van der Waals surface area contributed by atoms with Crippen LogP contribution in [0.1, 0.15) is 33.3 Å². The molecule has 1 aromatic carbocycles. The number of halogens is 2. The molecule has 1 aliphatic heterocycles. The van der Waals surface area contributed by atoms with Gasteiger partial charge in [0, 0.05) is 5.75 Å². The van der Waals surface area contributed by atoms with Gasteiger partial charge in [-0.2, -0.15) is 12.6 Å². The molecule has 6 heteroatoms. The number of hydrogen-bond donors (Lipinski definition) is 1. The minimum atomic E-state index is -0.459. The van der Waals surface area contributed by atoms with Gasteiger partial charge in [0.2, 0.25) is 0 Å². The molecule has 0 atom stereocenters. The molecule has 0 aromatic heterocycles. The fourth-order valence-electron chi connectivity index (χ4n) is 2.00. The fourth-order valence-corrected chi connectivity index (χ4v) is 2.49. The van der Waals surface area contributed by atoms with Crippen LogP contribution in [0.3, 0.4) is 0 Å². The van der Waals surface area contributed by atoms with Gasteiger partial charge < -0.3 is 9.31 Å². The molecule has 21 heavy (non-hydrogen) atoms. The van der Waals surface area contributed by atoms with Gasteiger partial charge in [0.15, 0.2) is 0 Å². The van der Waals surface area contributed by atoms with Gasteiger partial charge in [-0.05, 0) is 66.8 Å². The van der Waals surface area contributed by atoms with Gasteiger partial charge in [0.05, 0.1) is 15.7 Å². The average Bonchev–Trinajstić information content (AvgIpc) is 2.59. The van der Waals surface area contributed by atoms with Crippen molar-refractivity contribution in [3.63, 3.8) is 0 Å². The van der Waals surface area contributed by atoms with Crippen molar-refractivity contribution in [1.29, 1.82) is 0 Å². The first-order chi connectivity index (χ1) is 9.66. The first kappa shape index (κ1) is 17.1. The highest BCUT2D eigenvalue weighted by molar-refractivity contribution is 9.10. The standard InChI is InChI=1S/C15H19BBrFO2S/c1-14(2)15(3,4)20-16(19-14)11(9-21)7-10-5-6-12(17)13(18)8-10/h5-8,21H,9H2,1-4H3. The lowest BCUT2D eigenvalue weighted by molar-refractivity contribution is 0.00578. The first-order valence-corrected chi connectivity index (χ1v) is 8.21. The van der Waals surface area contributed by atoms with E-state index in [1.165, 1.54) is 6.07 Å². The van der Waals surface area contributed by atoms with Crippen LogP contribution in [-0.2, 0) is 9.31 Å². The molecule has 1 aliphatic rings. The summed E-state index contributed by atoms with van der Waals surface area (Å²) in [6, 6.07) is 4.99. The molecule has 0 bridgehead atoms. The predicted molar refractivity (Wildman–Crippen MR) is 92.0 cm³/mol. The largest absolute Gasteiger partial charge is 0.491 e. The number of rotatable bonds is 3. The van der Waals surface area contributed by atoms with Crippen LogP contribution in [0.5, 0.6) is 0 Å². The SMILES string of the molecule is CC1(C)OB(C(=Cc2ccc(Br)c(F)c2)CS)OC1(C)C. The molecular formula is C15H19BBrFO2S. The maximum absolute atomic E-state index is 13.6. The van der Waals surface area contributed by atoms with E-state index < -0.39 is 18.3 Å². The zero-order valence-corrected chi connectivity index (χ0v) is 15.1. The number of benzene rings is 1. The van der Waals surface area contributed by atoms with Crippen LogP contribution in [-0.4, -0.2) is 24.1 Å². The molecule has 0 radical (unpaired) electrons. The summed E-state index contributed by atoms with van der Waals surface area (Å²) in [6.07, 6.45) is 1.87. The van der Waals surface area contributed by atoms with Gasteiger partial charge in [0.1, 0.15) is 5.82 Å². The van der Waals surface area contributed by atoms with Crippen LogP contribution in [0.25, 0.3) is 6.08 Å². The van der Waals surface area contributed by atoms with Crippen molar-refractivity contribution in [2.24, 2.45) is 0 Å². The van der Waals surface area contributed by atoms with Crippen LogP contribution in [0.15, 0.2) is 28.1 Å². The average molecular weight is 373 g/mol. The molecule has 0 N–H and O–H groups in total. The topological polar surface area (TPSA) is 18.5 Å². The lowest BCUT2D eigenvalue weighted by Crippen LogP contribution is -2.41. The third-order valence-corrected chi connectivity index (χ3v) is 5.04. The Kier molecular flexibility index (Phi) is 4.93. The monoisotopic (exact) mass is 372 g/mol. The third kappa shape index (κ3) is 3.55. The predicted octanol–water partition coefficient (Wildman–Crippen LogP) is 4.53. The highest BCUT2D eigenvalue weighted by atomic mass is 79.9. The molecule has 0 spiro atoms. The highest BCUT2D eigenvalue weighted by Crippen LogP contribution is 2.39. The van der Waals surface area contributed by atoms with Crippen LogP contribution < -0.4 is 0 Å². The van der Waals surface area contributed by atoms with Gasteiger partial charge in [-0.3, -0.25) is 0 Å². The van der Waals surface area contributed by atoms with Crippen molar-refractivity contribution < 1.29 is 13.7 Å². The van der Waals surface area contributed by atoms with E-state index in [1.807, 2.05) is 39.8 Å². The van der Waals surface area contributed by atoms with Crippen LogP contribution >= 0.6 is 28.6 Å². The minimum absolute atomic E-state index is 0.295. The number of hydrogen-bond acceptors (Lipinski definition) is 3. The van der Waals surface area contributed by atoms with E-state index in [0.717, 1.165) is 11.0 Å². The van der Waals surface area contributed by atoms with Crippen molar-refractivity contribution in [3.05, 3.63) is 39.5 Å². The van der Waals surface area contributed by atoms with Crippen LogP contribution in [0, 0.1) is 5.82 Å². The van der Waals surface area contributed by atoms with E-state index in [0.29, 0.717) is 10.2 Å². The summed E-state index contributed by atoms with van der Waals surface area (Å²) in [4.78, 5) is 0. The zero-order valence-electron chi connectivity index (χ0n) is 12.6. The minimum Gasteiger partial charge on any atom is -0.400 e. The molecule has 0 saturated carbocycles. The normalized spacial score (nSPS) is 20.9. The summed E-state index contributed by atoms with van der Waals surface area (Å²) in [5.41, 5.74) is 0.836. The molecule has 1 fully saturated rings. The molecule has 0 aliphatic carbocycles. The molecule has 2 nitrogen and oxygen atoms in total. The molecule has 1 heterocycles. The Morgan fingerprint density at radius 3 is 2.33 bits per heavy atom. The molecule has 0 amide bonds. The summed E-state index contributed by atoms with van der Waals surface area (Å²) in [5, 5.41) is 0. The van der Waals surface area contributed by atoms with Gasteiger partial charge in [-0.1, -0.05) is 12.1 Å². The van der Waals surface area contributed by atoms with E-state index in [9.17, 15) is 4.39 Å². The molecule has 2 rings (SSSR count). The summed E-state index contributed by atoms with van der Waals surface area (Å²) < 4.78 is 26.0. The van der Waals surface area contributed by atoms with Gasteiger partial charge in [-0.15, -0.1) is 0 Å². The highest BCUT2D eigenvalue weighted by Gasteiger charge is 2.52. The van der Waals surface area contributed by atoms with Crippen LogP contribution in [0.2, 0.25) is 0 Å². The molecule has 1 saturated heterocycles. The van der Waals surface area contributed by atoms with Crippen molar-refractivity contribution >= 4 is 41.8 Å². The Bertz CT molecular complexity index is 559. The summed E-state index contributed by atoms with van der Waals surface area (Å²) in [7, 11) is -0.459. The van der Waals surface area contributed by atoms with Crippen molar-refractivity contribution in [2.45, 2.75) is 38.9 Å². The van der Waals surface area contributed by atoms with Crippen LogP contribution in [0.4, 0.5) is 4.39 Å². The van der Waals surface area contributed by atoms with E-state index in [1.54, 1.807) is 6.07 Å². The quantitative estimate of drug-likeness (QED) is 0.620. The Labute approximate surface area is 139 Å². The van der Waals surface area contributed by atoms with Crippen molar-refractivity contribution in [3.8, 4) is 0 Å². The van der Waals surface area contributed by atoms with Gasteiger partial charge in [-0.25, -0.2) is 4.39 Å². The maximum Gasteiger partial charge on any atom is 0.491 e. The Morgan fingerprint density at radius 1 is 1.29 bits per heavy atom. The summed E-state index contributed by atoms with van der Waals surface area (Å²) >= 11 is 7.50. The first-order valence-electron chi connectivity index (χ1n) is 6.78. The fraction of sp³-hybridized carbons (Fsp3) is 0.467. The Balaban J connectivity index is 2.28. The van der Waals surface area contributed by atoms with E-state index >= 15 is 0 Å². The van der Waals surface area contributed by atoms with Gasteiger partial charge >= 0.3 is 7.12 Å². The third-order valence-electron chi connectivity index (χ3n) is 4.03. The second kappa shape index (κ2) is 6.07. The number of thiol groups is 1. The van der Waals surface area contributed by atoms with Crippen molar-refractivity contribution in [2.75, 3.05) is 5.75 Å². The van der Waals surface area contributed by atoms with Crippen molar-refractivity contribution in [1.82, 2.24) is 0 Å². The molecule has 0 unspecified atom stereocenters. The van der Waals surface area contributed by atoms with E-state index in [4.69, 9.17) is 9.31 Å². The molecule has 114 valence electrons. The van der Waals surface area contributed by atoms with E-state index in [2.05, 4.69) is 28.6 Å². The molecule has 1 aromatic rings. The lowest BCUT2D eigenvalue weighted by Gasteiger charge is -2.32. The zero-order chi connectivity index (χ0) is 15.8. The second-order valence-electron chi connectivity index (χ2n) is 6.14. The van der Waals surface area contributed by atoms with E-state index in [-0.39, 0.29) is 5.82 Å². The maximum atomic E-state index is 13.6. The van der Waals surface area contributed by atoms with Gasteiger partial charge in [0.25, 0.3) is 0 Å². The Hall–Kier alpha value is -0.295. The second-order valence-corrected chi connectivity index (χ2v) is 7.31.